The second kappa shape index (κ2) is 8.94. The number of aryl methyl sites for hydroxylation is 1. The number of thioether (sulfide) groups is 1. The standard InChI is InChI=1S/C21H23N3O3S2/c1-15-14-21(23-19-7-5-4-6-18(15)19)28-13-12-20(25)22-16-8-10-17(11-9-16)29(26,27)24(2)3/h4-11,14H,12-13H2,1-3H3,(H,22,25). The lowest BCUT2D eigenvalue weighted by atomic mass is 10.1. The van der Waals surface area contributed by atoms with Crippen molar-refractivity contribution in [3.05, 3.63) is 60.2 Å². The Morgan fingerprint density at radius 3 is 2.48 bits per heavy atom. The van der Waals surface area contributed by atoms with Crippen LogP contribution in [-0.2, 0) is 14.8 Å². The Labute approximate surface area is 175 Å². The predicted octanol–water partition coefficient (Wildman–Crippen LogP) is 3.91. The molecule has 0 aliphatic heterocycles. The summed E-state index contributed by atoms with van der Waals surface area (Å²) in [6.45, 7) is 2.06. The van der Waals surface area contributed by atoms with E-state index in [9.17, 15) is 13.2 Å². The van der Waals surface area contributed by atoms with Gasteiger partial charge in [-0.15, -0.1) is 11.8 Å². The number of rotatable bonds is 7. The number of sulfonamides is 1. The molecule has 0 unspecified atom stereocenters. The lowest BCUT2D eigenvalue weighted by Gasteiger charge is -2.12. The molecule has 0 spiro atoms. The summed E-state index contributed by atoms with van der Waals surface area (Å²) in [4.78, 5) is 17.0. The summed E-state index contributed by atoms with van der Waals surface area (Å²) in [5.41, 5.74) is 2.68. The van der Waals surface area contributed by atoms with Gasteiger partial charge in [0.05, 0.1) is 15.4 Å². The third kappa shape index (κ3) is 5.14. The van der Waals surface area contributed by atoms with Crippen molar-refractivity contribution in [1.29, 1.82) is 0 Å². The first kappa shape index (κ1) is 21.3. The molecule has 2 aromatic carbocycles. The first-order valence-corrected chi connectivity index (χ1v) is 11.5. The van der Waals surface area contributed by atoms with E-state index in [1.807, 2.05) is 24.3 Å². The molecule has 3 rings (SSSR count). The maximum atomic E-state index is 12.2. The highest BCUT2D eigenvalue weighted by Crippen LogP contribution is 2.24. The van der Waals surface area contributed by atoms with E-state index in [-0.39, 0.29) is 10.8 Å². The molecular formula is C21H23N3O3S2. The number of nitrogens with one attached hydrogen (secondary N) is 1. The third-order valence-electron chi connectivity index (χ3n) is 4.40. The highest BCUT2D eigenvalue weighted by molar-refractivity contribution is 7.99. The van der Waals surface area contributed by atoms with Crippen molar-refractivity contribution in [2.24, 2.45) is 0 Å². The zero-order valence-electron chi connectivity index (χ0n) is 16.5. The molecule has 0 aliphatic rings. The van der Waals surface area contributed by atoms with E-state index in [1.165, 1.54) is 26.2 Å². The number of hydrogen-bond acceptors (Lipinski definition) is 5. The molecule has 0 saturated carbocycles. The normalized spacial score (nSPS) is 11.7. The van der Waals surface area contributed by atoms with Crippen LogP contribution >= 0.6 is 11.8 Å². The van der Waals surface area contributed by atoms with E-state index in [2.05, 4.69) is 23.3 Å². The SMILES string of the molecule is Cc1cc(SCCC(=O)Nc2ccc(S(=O)(=O)N(C)C)cc2)nc2ccccc12. The Bertz CT molecular complexity index is 1130. The average molecular weight is 430 g/mol. The van der Waals surface area contributed by atoms with Gasteiger partial charge < -0.3 is 5.32 Å². The van der Waals surface area contributed by atoms with Crippen molar-refractivity contribution >= 4 is 44.3 Å². The minimum Gasteiger partial charge on any atom is -0.326 e. The second-order valence-corrected chi connectivity index (χ2v) is 10.0. The minimum absolute atomic E-state index is 0.127. The van der Waals surface area contributed by atoms with Crippen LogP contribution in [0.5, 0.6) is 0 Å². The number of para-hydroxylation sites is 1. The Hall–Kier alpha value is -2.42. The van der Waals surface area contributed by atoms with Crippen molar-refractivity contribution in [2.75, 3.05) is 25.2 Å². The number of amides is 1. The van der Waals surface area contributed by atoms with Crippen LogP contribution in [-0.4, -0.2) is 43.5 Å². The van der Waals surface area contributed by atoms with Gasteiger partial charge in [0.25, 0.3) is 0 Å². The van der Waals surface area contributed by atoms with Crippen LogP contribution < -0.4 is 5.32 Å². The van der Waals surface area contributed by atoms with Crippen LogP contribution in [0.25, 0.3) is 10.9 Å². The molecule has 1 heterocycles. The maximum absolute atomic E-state index is 12.2. The van der Waals surface area contributed by atoms with E-state index in [4.69, 9.17) is 0 Å². The fourth-order valence-electron chi connectivity index (χ4n) is 2.79. The van der Waals surface area contributed by atoms with Gasteiger partial charge in [0.2, 0.25) is 15.9 Å². The average Bonchev–Trinajstić information content (AvgIpc) is 2.68. The van der Waals surface area contributed by atoms with Crippen LogP contribution in [0.2, 0.25) is 0 Å². The molecule has 1 N–H and O–H groups in total. The Morgan fingerprint density at radius 2 is 1.79 bits per heavy atom. The summed E-state index contributed by atoms with van der Waals surface area (Å²) < 4.78 is 25.3. The fraction of sp³-hybridized carbons (Fsp3) is 0.238. The molecule has 1 aromatic heterocycles. The van der Waals surface area contributed by atoms with E-state index < -0.39 is 10.0 Å². The lowest BCUT2D eigenvalue weighted by molar-refractivity contribution is -0.115. The smallest absolute Gasteiger partial charge is 0.242 e. The monoisotopic (exact) mass is 429 g/mol. The van der Waals surface area contributed by atoms with Gasteiger partial charge in [-0.25, -0.2) is 17.7 Å². The number of carbonyl (C=O) groups excluding carboxylic acids is 1. The van der Waals surface area contributed by atoms with Gasteiger partial charge in [-0.05, 0) is 48.9 Å². The van der Waals surface area contributed by atoms with Crippen molar-refractivity contribution in [2.45, 2.75) is 23.3 Å². The van der Waals surface area contributed by atoms with Gasteiger partial charge in [0.15, 0.2) is 0 Å². The number of anilines is 1. The van der Waals surface area contributed by atoms with Crippen LogP contribution in [0.3, 0.4) is 0 Å². The second-order valence-electron chi connectivity index (χ2n) is 6.75. The van der Waals surface area contributed by atoms with Gasteiger partial charge in [-0.3, -0.25) is 4.79 Å². The van der Waals surface area contributed by atoms with Gasteiger partial charge in [-0.1, -0.05) is 18.2 Å². The summed E-state index contributed by atoms with van der Waals surface area (Å²) in [5, 5.41) is 4.83. The Morgan fingerprint density at radius 1 is 1.10 bits per heavy atom. The number of carbonyl (C=O) groups is 1. The first-order chi connectivity index (χ1) is 13.8. The molecule has 3 aromatic rings. The molecule has 8 heteroatoms. The molecule has 0 fully saturated rings. The van der Waals surface area contributed by atoms with E-state index in [0.717, 1.165) is 25.8 Å². The number of fused-ring (bicyclic) bond motifs is 1. The van der Waals surface area contributed by atoms with Crippen molar-refractivity contribution in [1.82, 2.24) is 9.29 Å². The van der Waals surface area contributed by atoms with Gasteiger partial charge in [0, 0.05) is 37.3 Å². The molecule has 152 valence electrons. The van der Waals surface area contributed by atoms with Crippen molar-refractivity contribution in [3.63, 3.8) is 0 Å². The minimum atomic E-state index is -3.48. The van der Waals surface area contributed by atoms with E-state index in [0.29, 0.717) is 17.9 Å². The van der Waals surface area contributed by atoms with Crippen LogP contribution in [0.1, 0.15) is 12.0 Å². The summed E-state index contributed by atoms with van der Waals surface area (Å²) in [5.74, 6) is 0.474. The maximum Gasteiger partial charge on any atom is 0.242 e. The number of aromatic nitrogens is 1. The number of benzene rings is 2. The van der Waals surface area contributed by atoms with Crippen molar-refractivity contribution < 1.29 is 13.2 Å². The van der Waals surface area contributed by atoms with Gasteiger partial charge in [0.1, 0.15) is 0 Å². The highest BCUT2D eigenvalue weighted by Gasteiger charge is 2.16. The van der Waals surface area contributed by atoms with Gasteiger partial charge >= 0.3 is 0 Å². The molecule has 0 atom stereocenters. The number of hydrogen-bond donors (Lipinski definition) is 1. The molecule has 29 heavy (non-hydrogen) atoms. The molecule has 6 nitrogen and oxygen atoms in total. The lowest BCUT2D eigenvalue weighted by Crippen LogP contribution is -2.22. The Balaban J connectivity index is 1.55. The van der Waals surface area contributed by atoms with Crippen molar-refractivity contribution in [3.8, 4) is 0 Å². The molecule has 1 amide bonds. The quantitative estimate of drug-likeness (QED) is 0.576. The summed E-state index contributed by atoms with van der Waals surface area (Å²) in [7, 11) is -0.514. The van der Waals surface area contributed by atoms with E-state index in [1.54, 1.807) is 23.9 Å². The number of nitrogens with zero attached hydrogens (tertiary/aromatic N) is 2. The molecular weight excluding hydrogens is 406 g/mol. The van der Waals surface area contributed by atoms with Crippen LogP contribution in [0, 0.1) is 6.92 Å². The largest absolute Gasteiger partial charge is 0.326 e. The van der Waals surface area contributed by atoms with Gasteiger partial charge in [-0.2, -0.15) is 0 Å². The van der Waals surface area contributed by atoms with E-state index >= 15 is 0 Å². The van der Waals surface area contributed by atoms with Crippen LogP contribution in [0.15, 0.2) is 64.5 Å². The van der Waals surface area contributed by atoms with Crippen LogP contribution in [0.4, 0.5) is 5.69 Å². The first-order valence-electron chi connectivity index (χ1n) is 9.09. The molecule has 0 aliphatic carbocycles. The third-order valence-corrected chi connectivity index (χ3v) is 7.14. The highest BCUT2D eigenvalue weighted by atomic mass is 32.2. The molecule has 0 radical (unpaired) electrons. The topological polar surface area (TPSA) is 79.4 Å². The zero-order chi connectivity index (χ0) is 21.0. The molecule has 0 saturated heterocycles. The zero-order valence-corrected chi connectivity index (χ0v) is 18.2. The summed E-state index contributed by atoms with van der Waals surface area (Å²) in [6.07, 6.45) is 0.329. The molecule has 0 bridgehead atoms. The summed E-state index contributed by atoms with van der Waals surface area (Å²) >= 11 is 1.54. The predicted molar refractivity (Wildman–Crippen MR) is 118 cm³/mol. The fourth-order valence-corrected chi connectivity index (χ4v) is 4.61. The Kier molecular flexibility index (Phi) is 6.56. The summed E-state index contributed by atoms with van der Waals surface area (Å²) in [6, 6.07) is 16.2. The number of pyridine rings is 1.